The summed E-state index contributed by atoms with van der Waals surface area (Å²) in [5.41, 5.74) is 0. The van der Waals surface area contributed by atoms with Gasteiger partial charge in [-0.3, -0.25) is 0 Å². The highest BCUT2D eigenvalue weighted by Crippen LogP contribution is 2.01. The second kappa shape index (κ2) is 2.26. The lowest BCUT2D eigenvalue weighted by Crippen LogP contribution is -2.26. The number of rotatable bonds is 2. The van der Waals surface area contributed by atoms with Crippen LogP contribution in [0.5, 0.6) is 0 Å². The Balaban J connectivity index is 3.15. The fourth-order valence-corrected chi connectivity index (χ4v) is 0.335. The zero-order chi connectivity index (χ0) is 5.91. The van der Waals surface area contributed by atoms with Gasteiger partial charge >= 0.3 is 0 Å². The second-order valence-electron chi connectivity index (χ2n) is 1.52. The first-order chi connectivity index (χ1) is 3.06. The van der Waals surface area contributed by atoms with Gasteiger partial charge < -0.3 is 15.3 Å². The van der Waals surface area contributed by atoms with E-state index in [0.29, 0.717) is 6.42 Å². The Bertz CT molecular complexity index is 45.4. The third kappa shape index (κ3) is 5.88. The zero-order valence-electron chi connectivity index (χ0n) is 4.26. The lowest BCUT2D eigenvalue weighted by molar-refractivity contribution is -0.314. The largest absolute Gasteiger partial charge is 0.344 e. The van der Waals surface area contributed by atoms with Crippen LogP contribution in [-0.2, 0) is 0 Å². The minimum Gasteiger partial charge on any atom is -0.344 e. The maximum atomic E-state index is 8.13. The summed E-state index contributed by atoms with van der Waals surface area (Å²) in [6.07, 6.45) is 0.566. The quantitative estimate of drug-likeness (QED) is 0.412. The first-order valence-electron chi connectivity index (χ1n) is 2.23. The molecular formula is C4H10O3. The van der Waals surface area contributed by atoms with Gasteiger partial charge in [0.25, 0.3) is 5.97 Å². The van der Waals surface area contributed by atoms with Gasteiger partial charge in [0.2, 0.25) is 0 Å². The lowest BCUT2D eigenvalue weighted by Gasteiger charge is -2.10. The van der Waals surface area contributed by atoms with Gasteiger partial charge in [-0.2, -0.15) is 0 Å². The highest BCUT2D eigenvalue weighted by atomic mass is 16.7. The minimum atomic E-state index is -2.45. The molecular weight excluding hydrogens is 96.0 g/mol. The van der Waals surface area contributed by atoms with Crippen molar-refractivity contribution in [3.05, 3.63) is 0 Å². The van der Waals surface area contributed by atoms with Gasteiger partial charge in [0.1, 0.15) is 0 Å². The first-order valence-corrected chi connectivity index (χ1v) is 2.23. The summed E-state index contributed by atoms with van der Waals surface area (Å²) < 4.78 is 0. The van der Waals surface area contributed by atoms with E-state index >= 15 is 0 Å². The van der Waals surface area contributed by atoms with Crippen molar-refractivity contribution in [2.24, 2.45) is 0 Å². The van der Waals surface area contributed by atoms with E-state index in [4.69, 9.17) is 15.3 Å². The van der Waals surface area contributed by atoms with E-state index in [1.165, 1.54) is 0 Å². The maximum Gasteiger partial charge on any atom is 0.275 e. The van der Waals surface area contributed by atoms with Gasteiger partial charge in [0.05, 0.1) is 0 Å². The molecule has 0 aromatic rings. The van der Waals surface area contributed by atoms with Crippen molar-refractivity contribution >= 4 is 0 Å². The zero-order valence-corrected chi connectivity index (χ0v) is 4.26. The molecule has 0 fully saturated rings. The van der Waals surface area contributed by atoms with Crippen LogP contribution >= 0.6 is 0 Å². The van der Waals surface area contributed by atoms with E-state index in [1.54, 1.807) is 6.92 Å². The van der Waals surface area contributed by atoms with Crippen molar-refractivity contribution in [3.63, 3.8) is 0 Å². The molecule has 0 amide bonds. The Morgan fingerprint density at radius 2 is 1.71 bits per heavy atom. The van der Waals surface area contributed by atoms with Crippen molar-refractivity contribution in [2.45, 2.75) is 25.7 Å². The highest BCUT2D eigenvalue weighted by molar-refractivity contribution is 4.41. The van der Waals surface area contributed by atoms with Gasteiger partial charge in [-0.25, -0.2) is 0 Å². The summed E-state index contributed by atoms with van der Waals surface area (Å²) in [5.74, 6) is -2.45. The van der Waals surface area contributed by atoms with Crippen LogP contribution in [0.2, 0.25) is 0 Å². The average Bonchev–Trinajstić information content (AvgIpc) is 1.30. The number of hydrogen-bond acceptors (Lipinski definition) is 3. The highest BCUT2D eigenvalue weighted by Gasteiger charge is 2.14. The molecule has 0 saturated heterocycles. The van der Waals surface area contributed by atoms with Crippen LogP contribution < -0.4 is 0 Å². The van der Waals surface area contributed by atoms with E-state index < -0.39 is 5.97 Å². The SMILES string of the molecule is CCCC(O)(O)O. The van der Waals surface area contributed by atoms with Crippen LogP contribution in [-0.4, -0.2) is 21.3 Å². The Morgan fingerprint density at radius 1 is 1.29 bits per heavy atom. The predicted molar refractivity (Wildman–Crippen MR) is 24.3 cm³/mol. The van der Waals surface area contributed by atoms with Crippen LogP contribution in [0.15, 0.2) is 0 Å². The van der Waals surface area contributed by atoms with Crippen LogP contribution in [0.25, 0.3) is 0 Å². The molecule has 0 unspecified atom stereocenters. The van der Waals surface area contributed by atoms with E-state index in [1.807, 2.05) is 0 Å². The number of aliphatic hydroxyl groups is 3. The molecule has 0 aromatic carbocycles. The molecule has 0 rings (SSSR count). The van der Waals surface area contributed by atoms with Crippen molar-refractivity contribution in [1.82, 2.24) is 0 Å². The van der Waals surface area contributed by atoms with Crippen molar-refractivity contribution in [2.75, 3.05) is 0 Å². The van der Waals surface area contributed by atoms with E-state index in [9.17, 15) is 0 Å². The van der Waals surface area contributed by atoms with Gasteiger partial charge in [-0.05, 0) is 6.42 Å². The molecule has 0 aliphatic rings. The molecule has 0 spiro atoms. The standard InChI is InChI=1S/C4H10O3/c1-2-3-4(5,6)7/h5-7H,2-3H2,1H3. The molecule has 7 heavy (non-hydrogen) atoms. The van der Waals surface area contributed by atoms with Crippen LogP contribution in [0.4, 0.5) is 0 Å². The molecule has 0 bridgehead atoms. The summed E-state index contributed by atoms with van der Waals surface area (Å²) in [6, 6.07) is 0. The summed E-state index contributed by atoms with van der Waals surface area (Å²) in [6.45, 7) is 1.75. The topological polar surface area (TPSA) is 60.7 Å². The average molecular weight is 106 g/mol. The fourth-order valence-electron chi connectivity index (χ4n) is 0.335. The van der Waals surface area contributed by atoms with Gasteiger partial charge in [0.15, 0.2) is 0 Å². The minimum absolute atomic E-state index is 0.00694. The smallest absolute Gasteiger partial charge is 0.275 e. The lowest BCUT2D eigenvalue weighted by atomic mass is 10.3. The normalized spacial score (nSPS) is 12.0. The fraction of sp³-hybridized carbons (Fsp3) is 1.00. The molecule has 0 atom stereocenters. The van der Waals surface area contributed by atoms with E-state index in [0.717, 1.165) is 0 Å². The molecule has 0 heterocycles. The molecule has 3 N–H and O–H groups in total. The summed E-state index contributed by atoms with van der Waals surface area (Å²) in [7, 11) is 0. The molecule has 0 aliphatic carbocycles. The molecule has 0 radical (unpaired) electrons. The molecule has 0 saturated carbocycles. The van der Waals surface area contributed by atoms with Gasteiger partial charge in [0, 0.05) is 6.42 Å². The first kappa shape index (κ1) is 6.88. The molecule has 44 valence electrons. The van der Waals surface area contributed by atoms with Crippen LogP contribution in [0.1, 0.15) is 19.8 Å². The van der Waals surface area contributed by atoms with E-state index in [2.05, 4.69) is 0 Å². The van der Waals surface area contributed by atoms with E-state index in [-0.39, 0.29) is 6.42 Å². The molecule has 0 aromatic heterocycles. The predicted octanol–water partition coefficient (Wildman–Crippen LogP) is -0.583. The van der Waals surface area contributed by atoms with Gasteiger partial charge in [-0.15, -0.1) is 0 Å². The third-order valence-electron chi connectivity index (χ3n) is 0.585. The van der Waals surface area contributed by atoms with Crippen LogP contribution in [0, 0.1) is 0 Å². The molecule has 3 heteroatoms. The Labute approximate surface area is 42.2 Å². The van der Waals surface area contributed by atoms with Crippen molar-refractivity contribution in [3.8, 4) is 0 Å². The molecule has 3 nitrogen and oxygen atoms in total. The Kier molecular flexibility index (Phi) is 2.22. The summed E-state index contributed by atoms with van der Waals surface area (Å²) >= 11 is 0. The van der Waals surface area contributed by atoms with Crippen LogP contribution in [0.3, 0.4) is 0 Å². The second-order valence-corrected chi connectivity index (χ2v) is 1.52. The number of hydrogen-bond donors (Lipinski definition) is 3. The maximum absolute atomic E-state index is 8.13. The Hall–Kier alpha value is -0.120. The third-order valence-corrected chi connectivity index (χ3v) is 0.585. The summed E-state index contributed by atoms with van der Waals surface area (Å²) in [5, 5.41) is 24.4. The monoisotopic (exact) mass is 106 g/mol. The summed E-state index contributed by atoms with van der Waals surface area (Å²) in [4.78, 5) is 0. The Morgan fingerprint density at radius 3 is 1.71 bits per heavy atom. The van der Waals surface area contributed by atoms with Crippen molar-refractivity contribution in [1.29, 1.82) is 0 Å². The molecule has 0 aliphatic heterocycles. The van der Waals surface area contributed by atoms with Gasteiger partial charge in [-0.1, -0.05) is 6.92 Å². The van der Waals surface area contributed by atoms with Crippen molar-refractivity contribution < 1.29 is 15.3 Å².